The Morgan fingerprint density at radius 3 is 2.38 bits per heavy atom. The predicted molar refractivity (Wildman–Crippen MR) is 88.3 cm³/mol. The second kappa shape index (κ2) is 8.52. The zero-order valence-electron chi connectivity index (χ0n) is 13.8. The molecule has 0 saturated carbocycles. The first-order chi connectivity index (χ1) is 10.1. The lowest BCUT2D eigenvalue weighted by atomic mass is 10.1. The molecule has 1 aromatic carbocycles. The topological polar surface area (TPSA) is 24.5 Å². The van der Waals surface area contributed by atoms with E-state index in [1.807, 2.05) is 0 Å². The van der Waals surface area contributed by atoms with Gasteiger partial charge in [-0.15, -0.1) is 0 Å². The Balaban J connectivity index is 1.78. The summed E-state index contributed by atoms with van der Waals surface area (Å²) in [6, 6.07) is 9.71. The first kappa shape index (κ1) is 16.5. The van der Waals surface area contributed by atoms with Crippen LogP contribution in [0.4, 0.5) is 0 Å². The number of hydrogen-bond acceptors (Lipinski definition) is 3. The molecule has 118 valence electrons. The van der Waals surface area contributed by atoms with E-state index in [9.17, 15) is 0 Å². The Hall–Kier alpha value is -0.900. The SMILES string of the molecule is CC(C)CNCc1ccc(CN(C)C2CCOCC2)cc1. The molecule has 3 heteroatoms. The molecular formula is C18H30N2O. The molecule has 0 amide bonds. The van der Waals surface area contributed by atoms with Crippen LogP contribution in [0.3, 0.4) is 0 Å². The van der Waals surface area contributed by atoms with Crippen LogP contribution in [0.15, 0.2) is 24.3 Å². The highest BCUT2D eigenvalue weighted by atomic mass is 16.5. The van der Waals surface area contributed by atoms with Crippen LogP contribution in [0.1, 0.15) is 37.8 Å². The number of rotatable bonds is 7. The van der Waals surface area contributed by atoms with Gasteiger partial charge in [0, 0.05) is 32.3 Å². The summed E-state index contributed by atoms with van der Waals surface area (Å²) in [7, 11) is 2.23. The molecule has 2 rings (SSSR count). The molecule has 0 bridgehead atoms. The van der Waals surface area contributed by atoms with Crippen molar-refractivity contribution in [2.24, 2.45) is 5.92 Å². The van der Waals surface area contributed by atoms with Gasteiger partial charge in [-0.3, -0.25) is 4.90 Å². The Bertz CT molecular complexity index is 396. The highest BCUT2D eigenvalue weighted by molar-refractivity contribution is 5.22. The number of nitrogens with zero attached hydrogens (tertiary/aromatic N) is 1. The van der Waals surface area contributed by atoms with Crippen LogP contribution in [-0.2, 0) is 17.8 Å². The van der Waals surface area contributed by atoms with E-state index in [1.165, 1.54) is 11.1 Å². The zero-order chi connectivity index (χ0) is 15.1. The van der Waals surface area contributed by atoms with Crippen LogP contribution in [0, 0.1) is 5.92 Å². The van der Waals surface area contributed by atoms with E-state index in [1.54, 1.807) is 0 Å². The predicted octanol–water partition coefficient (Wildman–Crippen LogP) is 3.04. The van der Waals surface area contributed by atoms with Crippen LogP contribution in [0.25, 0.3) is 0 Å². The maximum Gasteiger partial charge on any atom is 0.0480 e. The fourth-order valence-electron chi connectivity index (χ4n) is 2.81. The van der Waals surface area contributed by atoms with Crippen molar-refractivity contribution in [3.05, 3.63) is 35.4 Å². The van der Waals surface area contributed by atoms with Gasteiger partial charge in [0.05, 0.1) is 0 Å². The zero-order valence-corrected chi connectivity index (χ0v) is 13.8. The first-order valence-corrected chi connectivity index (χ1v) is 8.21. The monoisotopic (exact) mass is 290 g/mol. The van der Waals surface area contributed by atoms with Gasteiger partial charge in [0.1, 0.15) is 0 Å². The molecule has 0 radical (unpaired) electrons. The van der Waals surface area contributed by atoms with Gasteiger partial charge < -0.3 is 10.1 Å². The quantitative estimate of drug-likeness (QED) is 0.835. The van der Waals surface area contributed by atoms with E-state index in [-0.39, 0.29) is 0 Å². The summed E-state index contributed by atoms with van der Waals surface area (Å²) in [5.74, 6) is 0.706. The minimum atomic E-state index is 0.672. The second-order valence-corrected chi connectivity index (χ2v) is 6.60. The standard InChI is InChI=1S/C18H30N2O/c1-15(2)12-19-13-16-4-6-17(7-5-16)14-20(3)18-8-10-21-11-9-18/h4-7,15,18-19H,8-14H2,1-3H3. The average molecular weight is 290 g/mol. The van der Waals surface area contributed by atoms with E-state index in [0.29, 0.717) is 12.0 Å². The van der Waals surface area contributed by atoms with Crippen molar-refractivity contribution in [2.75, 3.05) is 26.8 Å². The van der Waals surface area contributed by atoms with Crippen molar-refractivity contribution in [1.29, 1.82) is 0 Å². The van der Waals surface area contributed by atoms with Crippen LogP contribution < -0.4 is 5.32 Å². The Kier molecular flexibility index (Phi) is 6.68. The molecule has 1 aliphatic heterocycles. The summed E-state index contributed by atoms with van der Waals surface area (Å²) in [5, 5.41) is 3.49. The minimum absolute atomic E-state index is 0.672. The van der Waals surface area contributed by atoms with Gasteiger partial charge in [0.15, 0.2) is 0 Å². The lowest BCUT2D eigenvalue weighted by Crippen LogP contribution is -2.36. The molecule has 1 fully saturated rings. The summed E-state index contributed by atoms with van der Waals surface area (Å²) >= 11 is 0. The molecule has 1 aliphatic rings. The fraction of sp³-hybridized carbons (Fsp3) is 0.667. The van der Waals surface area contributed by atoms with Crippen LogP contribution in [0.2, 0.25) is 0 Å². The normalized spacial score (nSPS) is 16.8. The van der Waals surface area contributed by atoms with Crippen molar-refractivity contribution in [1.82, 2.24) is 10.2 Å². The van der Waals surface area contributed by atoms with E-state index >= 15 is 0 Å². The maximum atomic E-state index is 5.44. The van der Waals surface area contributed by atoms with E-state index < -0.39 is 0 Å². The van der Waals surface area contributed by atoms with E-state index in [0.717, 1.165) is 45.7 Å². The van der Waals surface area contributed by atoms with Gasteiger partial charge in [0.25, 0.3) is 0 Å². The average Bonchev–Trinajstić information content (AvgIpc) is 2.49. The summed E-state index contributed by atoms with van der Waals surface area (Å²) in [6.45, 7) is 9.38. The van der Waals surface area contributed by atoms with Gasteiger partial charge in [-0.05, 0) is 43.5 Å². The molecular weight excluding hydrogens is 260 g/mol. The minimum Gasteiger partial charge on any atom is -0.381 e. The molecule has 0 aromatic heterocycles. The molecule has 1 heterocycles. The smallest absolute Gasteiger partial charge is 0.0480 e. The van der Waals surface area contributed by atoms with Crippen molar-refractivity contribution < 1.29 is 4.74 Å². The molecule has 0 aliphatic carbocycles. The number of ether oxygens (including phenoxy) is 1. The summed E-state index contributed by atoms with van der Waals surface area (Å²) in [5.41, 5.74) is 2.77. The van der Waals surface area contributed by atoms with Gasteiger partial charge in [0.2, 0.25) is 0 Å². The maximum absolute atomic E-state index is 5.44. The third kappa shape index (κ3) is 5.77. The molecule has 0 unspecified atom stereocenters. The molecule has 0 atom stereocenters. The third-order valence-corrected chi connectivity index (χ3v) is 4.15. The fourth-order valence-corrected chi connectivity index (χ4v) is 2.81. The van der Waals surface area contributed by atoms with Crippen molar-refractivity contribution in [3.63, 3.8) is 0 Å². The van der Waals surface area contributed by atoms with Crippen LogP contribution >= 0.6 is 0 Å². The molecule has 1 N–H and O–H groups in total. The number of benzene rings is 1. The Labute approximate surface area is 129 Å². The van der Waals surface area contributed by atoms with Gasteiger partial charge in [-0.1, -0.05) is 38.1 Å². The second-order valence-electron chi connectivity index (χ2n) is 6.60. The molecule has 3 nitrogen and oxygen atoms in total. The molecule has 1 saturated heterocycles. The molecule has 0 spiro atoms. The van der Waals surface area contributed by atoms with Gasteiger partial charge >= 0.3 is 0 Å². The summed E-state index contributed by atoms with van der Waals surface area (Å²) in [4.78, 5) is 2.47. The van der Waals surface area contributed by atoms with E-state index in [4.69, 9.17) is 4.74 Å². The molecule has 21 heavy (non-hydrogen) atoms. The molecule has 1 aromatic rings. The number of nitrogens with one attached hydrogen (secondary N) is 1. The lowest BCUT2D eigenvalue weighted by molar-refractivity contribution is 0.0407. The summed E-state index contributed by atoms with van der Waals surface area (Å²) in [6.07, 6.45) is 2.32. The summed E-state index contributed by atoms with van der Waals surface area (Å²) < 4.78 is 5.44. The first-order valence-electron chi connectivity index (χ1n) is 8.21. The van der Waals surface area contributed by atoms with Gasteiger partial charge in [-0.25, -0.2) is 0 Å². The van der Waals surface area contributed by atoms with Crippen molar-refractivity contribution >= 4 is 0 Å². The largest absolute Gasteiger partial charge is 0.381 e. The Morgan fingerprint density at radius 1 is 1.14 bits per heavy atom. The highest BCUT2D eigenvalue weighted by Crippen LogP contribution is 2.16. The van der Waals surface area contributed by atoms with Crippen molar-refractivity contribution in [3.8, 4) is 0 Å². The number of hydrogen-bond donors (Lipinski definition) is 1. The van der Waals surface area contributed by atoms with E-state index in [2.05, 4.69) is 55.4 Å². The Morgan fingerprint density at radius 2 is 1.76 bits per heavy atom. The van der Waals surface area contributed by atoms with Crippen LogP contribution in [-0.4, -0.2) is 37.7 Å². The highest BCUT2D eigenvalue weighted by Gasteiger charge is 2.18. The van der Waals surface area contributed by atoms with Crippen LogP contribution in [0.5, 0.6) is 0 Å². The lowest BCUT2D eigenvalue weighted by Gasteiger charge is -2.31. The van der Waals surface area contributed by atoms with Crippen molar-refractivity contribution in [2.45, 2.75) is 45.8 Å². The van der Waals surface area contributed by atoms with Gasteiger partial charge in [-0.2, -0.15) is 0 Å². The third-order valence-electron chi connectivity index (χ3n) is 4.15.